The molecule has 0 aliphatic carbocycles. The van der Waals surface area contributed by atoms with Crippen molar-refractivity contribution in [2.45, 2.75) is 172 Å². The van der Waals surface area contributed by atoms with Gasteiger partial charge in [-0.2, -0.15) is 0 Å². The van der Waals surface area contributed by atoms with Gasteiger partial charge in [-0.05, 0) is 132 Å². The summed E-state index contributed by atoms with van der Waals surface area (Å²) in [5, 5.41) is 0. The lowest BCUT2D eigenvalue weighted by molar-refractivity contribution is -0.425. The predicted molar refractivity (Wildman–Crippen MR) is 291 cm³/mol. The Kier molecular flexibility index (Phi) is 16.2. The van der Waals surface area contributed by atoms with Crippen LogP contribution in [0.15, 0.2) is 97.1 Å². The Labute approximate surface area is 407 Å². The molecular formula is C65H83N2+. The Hall–Kier alpha value is -5.21. The molecule has 0 bridgehead atoms. The number of nitrogens with zero attached hydrogens (tertiary/aromatic N) is 2. The highest BCUT2D eigenvalue weighted by molar-refractivity contribution is 5.84. The third kappa shape index (κ3) is 10.8. The van der Waals surface area contributed by atoms with Crippen LogP contribution in [0.5, 0.6) is 0 Å². The van der Waals surface area contributed by atoms with Gasteiger partial charge in [0.2, 0.25) is 6.34 Å². The van der Waals surface area contributed by atoms with E-state index < -0.39 is 0 Å². The van der Waals surface area contributed by atoms with E-state index in [9.17, 15) is 0 Å². The van der Waals surface area contributed by atoms with Gasteiger partial charge in [-0.3, -0.25) is 0 Å². The minimum Gasteiger partial charge on any atom is -0.229 e. The second-order valence-electron chi connectivity index (χ2n) is 20.1. The van der Waals surface area contributed by atoms with Crippen LogP contribution in [-0.4, -0.2) is 24.0 Å². The first-order valence-corrected chi connectivity index (χ1v) is 26.4. The van der Waals surface area contributed by atoms with Gasteiger partial charge < -0.3 is 0 Å². The fraction of sp³-hybridized carbons (Fsp3) is 0.431. The summed E-state index contributed by atoms with van der Waals surface area (Å²) in [6.07, 6.45) is 10.9. The standard InChI is InChI=1S/C65H83N2/c1-15-48-29-49(16-2)34-56(33-48)44(11)60-25-42(9)26-61(45(12)57-35-50(17-3)30-51(18-4)36-57)64(60)66-23-24-67(41-66)65-62(46(13)58-37-52(19-5)31-53(20-6)38-58)27-43(10)28-63(65)47(14)59-39-54(21-7)32-55(22-8)40-59/h25-41,44-47H,15-24H2,1-14H3/q+1/t44-,45-,46-,47-/m1/s1. The molecule has 2 heteroatoms. The van der Waals surface area contributed by atoms with Gasteiger partial charge in [0.05, 0.1) is 0 Å². The Morgan fingerprint density at radius 2 is 0.627 bits per heavy atom. The molecule has 1 aliphatic heterocycles. The van der Waals surface area contributed by atoms with E-state index in [4.69, 9.17) is 0 Å². The van der Waals surface area contributed by atoms with E-state index in [1.54, 1.807) is 0 Å². The highest BCUT2D eigenvalue weighted by Gasteiger charge is 2.35. The van der Waals surface area contributed by atoms with Gasteiger partial charge in [-0.25, -0.2) is 9.48 Å². The molecule has 1 aliphatic rings. The van der Waals surface area contributed by atoms with Gasteiger partial charge in [0, 0.05) is 45.9 Å². The third-order valence-corrected chi connectivity index (χ3v) is 15.5. The molecule has 67 heavy (non-hydrogen) atoms. The Morgan fingerprint density at radius 3 is 0.896 bits per heavy atom. The van der Waals surface area contributed by atoms with Gasteiger partial charge in [-0.1, -0.05) is 191 Å². The first-order valence-electron chi connectivity index (χ1n) is 26.4. The summed E-state index contributed by atoms with van der Waals surface area (Å²) in [7, 11) is 0. The van der Waals surface area contributed by atoms with Gasteiger partial charge >= 0.3 is 0 Å². The smallest absolute Gasteiger partial charge is 0.229 e. The number of rotatable bonds is 18. The molecule has 0 fully saturated rings. The van der Waals surface area contributed by atoms with Crippen LogP contribution in [0.1, 0.15) is 207 Å². The van der Waals surface area contributed by atoms with Crippen LogP contribution in [-0.2, 0) is 51.4 Å². The molecule has 0 N–H and O–H groups in total. The van der Waals surface area contributed by atoms with Crippen molar-refractivity contribution in [2.75, 3.05) is 18.0 Å². The minimum atomic E-state index is 0.219. The highest BCUT2D eigenvalue weighted by Crippen LogP contribution is 2.45. The monoisotopic (exact) mass is 892 g/mol. The summed E-state index contributed by atoms with van der Waals surface area (Å²) < 4.78 is 2.66. The van der Waals surface area contributed by atoms with Crippen molar-refractivity contribution >= 4 is 17.7 Å². The lowest BCUT2D eigenvalue weighted by Gasteiger charge is -2.26. The van der Waals surface area contributed by atoms with Crippen molar-refractivity contribution in [3.05, 3.63) is 197 Å². The van der Waals surface area contributed by atoms with Crippen LogP contribution >= 0.6 is 0 Å². The lowest BCUT2D eigenvalue weighted by atomic mass is 9.82. The number of aryl methyl sites for hydroxylation is 10. The Bertz CT molecular complexity index is 2470. The largest absolute Gasteiger partial charge is 0.244 e. The molecule has 0 saturated heterocycles. The summed E-state index contributed by atoms with van der Waals surface area (Å²) in [5.41, 5.74) is 28.3. The van der Waals surface area contributed by atoms with Crippen LogP contribution in [0.4, 0.5) is 11.4 Å². The predicted octanol–water partition coefficient (Wildman–Crippen LogP) is 16.6. The van der Waals surface area contributed by atoms with Crippen LogP contribution in [0.3, 0.4) is 0 Å². The number of anilines is 1. The molecule has 0 aromatic heterocycles. The van der Waals surface area contributed by atoms with Crippen LogP contribution in [0.2, 0.25) is 0 Å². The molecule has 0 unspecified atom stereocenters. The molecule has 0 saturated carbocycles. The zero-order valence-electron chi connectivity index (χ0n) is 44.1. The molecule has 0 radical (unpaired) electrons. The van der Waals surface area contributed by atoms with Crippen LogP contribution in [0, 0.1) is 13.8 Å². The minimum absolute atomic E-state index is 0.219. The van der Waals surface area contributed by atoms with E-state index in [-0.39, 0.29) is 23.7 Å². The van der Waals surface area contributed by atoms with Crippen LogP contribution in [0.25, 0.3) is 0 Å². The maximum atomic E-state index is 2.66. The van der Waals surface area contributed by atoms with Gasteiger partial charge in [0.25, 0.3) is 0 Å². The SMILES string of the molecule is CCc1cc(CC)cc([C@@H](C)c2cc(C)cc([C@H](C)c3cc(CC)cc(CC)c3)c2N2C=[N+](c3c([C@H](C)c4cc(CC)cc(CC)c4)cc(C)cc3[C@H](C)c3cc(CC)cc(CC)c3)CC2)c1. The normalized spacial score (nSPS) is 14.6. The summed E-state index contributed by atoms with van der Waals surface area (Å²) in [5.74, 6) is 0.874. The van der Waals surface area contributed by atoms with Crippen molar-refractivity contribution in [1.82, 2.24) is 0 Å². The topological polar surface area (TPSA) is 6.25 Å². The van der Waals surface area contributed by atoms with Crippen molar-refractivity contribution in [3.8, 4) is 0 Å². The zero-order valence-corrected chi connectivity index (χ0v) is 44.1. The summed E-state index contributed by atoms with van der Waals surface area (Å²) in [6, 6.07) is 39.6. The van der Waals surface area contributed by atoms with E-state index in [0.29, 0.717) is 0 Å². The average molecular weight is 892 g/mol. The fourth-order valence-electron chi connectivity index (χ4n) is 11.0. The number of hydrogen-bond donors (Lipinski definition) is 0. The van der Waals surface area contributed by atoms with Crippen molar-refractivity contribution in [3.63, 3.8) is 0 Å². The maximum Gasteiger partial charge on any atom is 0.244 e. The first-order chi connectivity index (χ1) is 32.3. The third-order valence-electron chi connectivity index (χ3n) is 15.5. The summed E-state index contributed by atoms with van der Waals surface area (Å²) >= 11 is 0. The molecule has 6 aromatic carbocycles. The first kappa shape index (κ1) is 49.7. The second kappa shape index (κ2) is 21.8. The molecule has 4 atom stereocenters. The van der Waals surface area contributed by atoms with Crippen molar-refractivity contribution in [2.24, 2.45) is 0 Å². The Balaban J connectivity index is 1.49. The van der Waals surface area contributed by atoms with E-state index in [1.807, 2.05) is 0 Å². The fourth-order valence-corrected chi connectivity index (χ4v) is 11.0. The summed E-state index contributed by atoms with van der Waals surface area (Å²) in [6.45, 7) is 34.7. The van der Waals surface area contributed by atoms with Crippen molar-refractivity contribution in [1.29, 1.82) is 0 Å². The van der Waals surface area contributed by atoms with Gasteiger partial charge in [-0.15, -0.1) is 0 Å². The molecule has 0 spiro atoms. The zero-order chi connectivity index (χ0) is 48.1. The average Bonchev–Trinajstić information content (AvgIpc) is 3.85. The van der Waals surface area contributed by atoms with E-state index in [1.165, 1.54) is 112 Å². The lowest BCUT2D eigenvalue weighted by Crippen LogP contribution is -2.23. The van der Waals surface area contributed by atoms with Gasteiger partial charge in [0.1, 0.15) is 24.5 Å². The molecular weight excluding hydrogens is 809 g/mol. The van der Waals surface area contributed by atoms with E-state index in [2.05, 4.69) is 210 Å². The molecule has 352 valence electrons. The Morgan fingerprint density at radius 1 is 0.373 bits per heavy atom. The molecule has 7 rings (SSSR count). The molecule has 2 nitrogen and oxygen atoms in total. The molecule has 1 heterocycles. The number of benzene rings is 6. The quantitative estimate of drug-likeness (QED) is 0.0779. The molecule has 6 aromatic rings. The van der Waals surface area contributed by atoms with Crippen molar-refractivity contribution < 1.29 is 4.58 Å². The van der Waals surface area contributed by atoms with E-state index >= 15 is 0 Å². The van der Waals surface area contributed by atoms with Crippen LogP contribution < -0.4 is 4.90 Å². The van der Waals surface area contributed by atoms with E-state index in [0.717, 1.165) is 64.5 Å². The van der Waals surface area contributed by atoms with Gasteiger partial charge in [0.15, 0.2) is 0 Å². The maximum absolute atomic E-state index is 2.66. The molecule has 0 amide bonds. The highest BCUT2D eigenvalue weighted by atomic mass is 15.3. The summed E-state index contributed by atoms with van der Waals surface area (Å²) in [4.78, 5) is 2.66. The second-order valence-corrected chi connectivity index (χ2v) is 20.1. The number of hydrogen-bond acceptors (Lipinski definition) is 1.